The van der Waals surface area contributed by atoms with E-state index in [0.29, 0.717) is 18.8 Å². The van der Waals surface area contributed by atoms with Crippen LogP contribution in [0.5, 0.6) is 0 Å². The lowest BCUT2D eigenvalue weighted by Crippen LogP contribution is -2.32. The quantitative estimate of drug-likeness (QED) is 0.852. The minimum Gasteiger partial charge on any atom is -0.381 e. The summed E-state index contributed by atoms with van der Waals surface area (Å²) in [5.74, 6) is -0.200. The summed E-state index contributed by atoms with van der Waals surface area (Å²) in [5.41, 5.74) is 0.485. The molecule has 1 aromatic carbocycles. The van der Waals surface area contributed by atoms with Gasteiger partial charge in [0.15, 0.2) is 0 Å². The Labute approximate surface area is 144 Å². The number of nitrogens with zero attached hydrogens (tertiary/aromatic N) is 1. The normalized spacial score (nSPS) is 17.9. The smallest absolute Gasteiger partial charge is 0.243 e. The molecule has 1 aromatic rings. The van der Waals surface area contributed by atoms with Crippen molar-refractivity contribution < 1.29 is 17.9 Å². The number of amides is 1. The Hall–Kier alpha value is -1.44. The summed E-state index contributed by atoms with van der Waals surface area (Å²) in [6.07, 6.45) is 3.96. The summed E-state index contributed by atoms with van der Waals surface area (Å²) in [4.78, 5) is 12.2. The molecule has 1 fully saturated rings. The molecule has 1 atom stereocenters. The minimum absolute atomic E-state index is 0.186. The molecule has 2 rings (SSSR count). The molecular weight excluding hydrogens is 328 g/mol. The molecule has 134 valence electrons. The van der Waals surface area contributed by atoms with Crippen molar-refractivity contribution in [2.24, 2.45) is 0 Å². The van der Waals surface area contributed by atoms with E-state index in [4.69, 9.17) is 4.74 Å². The monoisotopic (exact) mass is 354 g/mol. The predicted octanol–water partition coefficient (Wildman–Crippen LogP) is 2.61. The van der Waals surface area contributed by atoms with Crippen LogP contribution in [0.3, 0.4) is 0 Å². The van der Waals surface area contributed by atoms with Crippen LogP contribution in [0.15, 0.2) is 29.2 Å². The average Bonchev–Trinajstić information content (AvgIpc) is 2.84. The molecule has 0 aliphatic carbocycles. The molecule has 0 spiro atoms. The molecule has 6 nitrogen and oxygen atoms in total. The van der Waals surface area contributed by atoms with Gasteiger partial charge in [-0.1, -0.05) is 18.9 Å². The van der Waals surface area contributed by atoms with E-state index in [1.807, 2.05) is 0 Å². The third kappa shape index (κ3) is 5.03. The number of carbonyl (C=O) groups excluding carboxylic acids is 1. The highest BCUT2D eigenvalue weighted by Gasteiger charge is 2.25. The maximum absolute atomic E-state index is 12.8. The lowest BCUT2D eigenvalue weighted by atomic mass is 10.2. The van der Waals surface area contributed by atoms with E-state index in [1.54, 1.807) is 36.5 Å². The van der Waals surface area contributed by atoms with Crippen molar-refractivity contribution in [1.29, 1.82) is 0 Å². The number of ether oxygens (including phenoxy) is 1. The highest BCUT2D eigenvalue weighted by molar-refractivity contribution is 7.89. The van der Waals surface area contributed by atoms with E-state index >= 15 is 0 Å². The van der Waals surface area contributed by atoms with Gasteiger partial charge >= 0.3 is 0 Å². The van der Waals surface area contributed by atoms with E-state index in [1.165, 1.54) is 6.07 Å². The van der Waals surface area contributed by atoms with Gasteiger partial charge in [-0.05, 0) is 38.0 Å². The topological polar surface area (TPSA) is 75.7 Å². The van der Waals surface area contributed by atoms with Crippen molar-refractivity contribution in [3.05, 3.63) is 24.3 Å². The van der Waals surface area contributed by atoms with Crippen LogP contribution in [0.4, 0.5) is 5.69 Å². The zero-order valence-corrected chi connectivity index (χ0v) is 15.1. The Bertz CT molecular complexity index is 652. The number of carbonyl (C=O) groups is 1. The van der Waals surface area contributed by atoms with Gasteiger partial charge in [0.05, 0.1) is 17.4 Å². The molecule has 1 heterocycles. The Kier molecular flexibility index (Phi) is 6.77. The van der Waals surface area contributed by atoms with Gasteiger partial charge in [0.25, 0.3) is 0 Å². The number of methoxy groups -OCH3 is 1. The number of benzene rings is 1. The van der Waals surface area contributed by atoms with Crippen LogP contribution in [0.2, 0.25) is 0 Å². The molecule has 1 N–H and O–H groups in total. The van der Waals surface area contributed by atoms with E-state index in [0.717, 1.165) is 25.7 Å². The fraction of sp³-hybridized carbons (Fsp3) is 0.588. The van der Waals surface area contributed by atoms with E-state index in [2.05, 4.69) is 5.32 Å². The summed E-state index contributed by atoms with van der Waals surface area (Å²) in [6.45, 7) is 2.92. The molecule has 7 heteroatoms. The molecular formula is C17H26N2O4S. The van der Waals surface area contributed by atoms with Gasteiger partial charge < -0.3 is 10.1 Å². The molecule has 0 saturated carbocycles. The van der Waals surface area contributed by atoms with Crippen LogP contribution in [0.1, 0.15) is 39.0 Å². The molecule has 24 heavy (non-hydrogen) atoms. The van der Waals surface area contributed by atoms with Crippen molar-refractivity contribution in [1.82, 2.24) is 4.31 Å². The zero-order chi connectivity index (χ0) is 17.6. The standard InChI is InChI=1S/C17H26N2O4S/c1-14(23-2)12-17(20)18-15-8-7-9-16(13-15)24(21,22)19-10-5-3-4-6-11-19/h7-9,13-14H,3-6,10-12H2,1-2H3,(H,18,20). The molecule has 1 unspecified atom stereocenters. The summed E-state index contributed by atoms with van der Waals surface area (Å²) >= 11 is 0. The van der Waals surface area contributed by atoms with Crippen molar-refractivity contribution in [3.63, 3.8) is 0 Å². The minimum atomic E-state index is -3.51. The van der Waals surface area contributed by atoms with Crippen LogP contribution < -0.4 is 5.32 Å². The van der Waals surface area contributed by atoms with Crippen molar-refractivity contribution in [3.8, 4) is 0 Å². The second-order valence-corrected chi connectivity index (χ2v) is 8.08. The predicted molar refractivity (Wildman–Crippen MR) is 93.4 cm³/mol. The van der Waals surface area contributed by atoms with Gasteiger partial charge in [-0.15, -0.1) is 0 Å². The van der Waals surface area contributed by atoms with Crippen molar-refractivity contribution >= 4 is 21.6 Å². The number of sulfonamides is 1. The number of hydrogen-bond donors (Lipinski definition) is 1. The highest BCUT2D eigenvalue weighted by Crippen LogP contribution is 2.22. The van der Waals surface area contributed by atoms with Crippen LogP contribution in [-0.4, -0.2) is 44.9 Å². The first-order chi connectivity index (χ1) is 11.4. The van der Waals surface area contributed by atoms with Gasteiger partial charge in [0.2, 0.25) is 15.9 Å². The molecule has 1 aliphatic rings. The van der Waals surface area contributed by atoms with Crippen LogP contribution in [0, 0.1) is 0 Å². The van der Waals surface area contributed by atoms with Crippen molar-refractivity contribution in [2.75, 3.05) is 25.5 Å². The third-order valence-corrected chi connectivity index (χ3v) is 6.09. The first kappa shape index (κ1) is 18.9. The molecule has 1 aliphatic heterocycles. The number of hydrogen-bond acceptors (Lipinski definition) is 4. The first-order valence-corrected chi connectivity index (χ1v) is 9.80. The maximum atomic E-state index is 12.8. The van der Waals surface area contributed by atoms with Gasteiger partial charge in [-0.2, -0.15) is 4.31 Å². The Balaban J connectivity index is 2.12. The highest BCUT2D eigenvalue weighted by atomic mass is 32.2. The van der Waals surface area contributed by atoms with Crippen molar-refractivity contribution in [2.45, 2.75) is 50.0 Å². The lowest BCUT2D eigenvalue weighted by molar-refractivity contribution is -0.118. The SMILES string of the molecule is COC(C)CC(=O)Nc1cccc(S(=O)(=O)N2CCCCCC2)c1. The fourth-order valence-corrected chi connectivity index (χ4v) is 4.29. The largest absolute Gasteiger partial charge is 0.381 e. The second-order valence-electron chi connectivity index (χ2n) is 6.14. The maximum Gasteiger partial charge on any atom is 0.243 e. The summed E-state index contributed by atoms with van der Waals surface area (Å²) in [6, 6.07) is 6.44. The lowest BCUT2D eigenvalue weighted by Gasteiger charge is -2.20. The average molecular weight is 354 g/mol. The fourth-order valence-electron chi connectivity index (χ4n) is 2.72. The van der Waals surface area contributed by atoms with Gasteiger partial charge in [-0.25, -0.2) is 8.42 Å². The number of rotatable bonds is 6. The summed E-state index contributed by atoms with van der Waals surface area (Å²) < 4.78 is 32.2. The molecule has 0 bridgehead atoms. The first-order valence-electron chi connectivity index (χ1n) is 8.36. The van der Waals surface area contributed by atoms with Gasteiger partial charge in [-0.3, -0.25) is 4.79 Å². The van der Waals surface area contributed by atoms with E-state index in [9.17, 15) is 13.2 Å². The molecule has 0 radical (unpaired) electrons. The summed E-state index contributed by atoms with van der Waals surface area (Å²) in [7, 11) is -1.97. The Morgan fingerprint density at radius 1 is 1.25 bits per heavy atom. The van der Waals surface area contributed by atoms with Gasteiger partial charge in [0.1, 0.15) is 0 Å². The van der Waals surface area contributed by atoms with Crippen LogP contribution >= 0.6 is 0 Å². The number of anilines is 1. The van der Waals surface area contributed by atoms with E-state index < -0.39 is 10.0 Å². The molecule has 1 amide bonds. The van der Waals surface area contributed by atoms with E-state index in [-0.39, 0.29) is 23.3 Å². The van der Waals surface area contributed by atoms with Crippen LogP contribution in [-0.2, 0) is 19.6 Å². The second kappa shape index (κ2) is 8.60. The van der Waals surface area contributed by atoms with Crippen LogP contribution in [0.25, 0.3) is 0 Å². The van der Waals surface area contributed by atoms with Gasteiger partial charge in [0, 0.05) is 25.9 Å². The Morgan fingerprint density at radius 2 is 1.92 bits per heavy atom. The molecule has 0 aromatic heterocycles. The third-order valence-electron chi connectivity index (χ3n) is 4.20. The summed E-state index contributed by atoms with van der Waals surface area (Å²) in [5, 5.41) is 2.73. The molecule has 1 saturated heterocycles. The Morgan fingerprint density at radius 3 is 2.54 bits per heavy atom. The zero-order valence-electron chi connectivity index (χ0n) is 14.3. The number of nitrogens with one attached hydrogen (secondary N) is 1.